The first-order chi connectivity index (χ1) is 14.6. The summed E-state index contributed by atoms with van der Waals surface area (Å²) in [6.45, 7) is 2.81. The molecule has 2 aromatic carbocycles. The molecule has 0 N–H and O–H groups in total. The van der Waals surface area contributed by atoms with Gasteiger partial charge in [-0.1, -0.05) is 18.2 Å². The lowest BCUT2D eigenvalue weighted by Gasteiger charge is -2.35. The summed E-state index contributed by atoms with van der Waals surface area (Å²) in [7, 11) is 5.37. The van der Waals surface area contributed by atoms with Crippen LogP contribution in [-0.2, 0) is 17.6 Å². The molecule has 0 unspecified atom stereocenters. The molecule has 30 heavy (non-hydrogen) atoms. The molecule has 1 aliphatic carbocycles. The van der Waals surface area contributed by atoms with Gasteiger partial charge in [-0.25, -0.2) is 0 Å². The van der Waals surface area contributed by atoms with Gasteiger partial charge in [-0.05, 0) is 48.9 Å². The zero-order valence-electron chi connectivity index (χ0n) is 18.1. The number of methoxy groups -OCH3 is 2. The number of ether oxygens (including phenoxy) is 2. The maximum Gasteiger partial charge on any atom is 0.252 e. The molecule has 156 valence electrons. The summed E-state index contributed by atoms with van der Waals surface area (Å²) in [5.74, 6) is 1.56. The Hall–Kier alpha value is -2.95. The van der Waals surface area contributed by atoms with E-state index in [2.05, 4.69) is 42.0 Å². The predicted molar refractivity (Wildman–Crippen MR) is 118 cm³/mol. The number of anilines is 1. The highest BCUT2D eigenvalue weighted by Gasteiger charge is 2.40. The third-order valence-electron chi connectivity index (χ3n) is 6.88. The number of benzene rings is 2. The molecule has 0 saturated carbocycles. The van der Waals surface area contributed by atoms with Crippen molar-refractivity contribution in [3.63, 3.8) is 0 Å². The summed E-state index contributed by atoms with van der Waals surface area (Å²) in [4.78, 5) is 18.1. The zero-order valence-corrected chi connectivity index (χ0v) is 18.1. The van der Waals surface area contributed by atoms with Crippen molar-refractivity contribution < 1.29 is 14.3 Å². The van der Waals surface area contributed by atoms with Crippen LogP contribution in [-0.4, -0.2) is 38.6 Å². The highest BCUT2D eigenvalue weighted by Crippen LogP contribution is 2.48. The molecule has 2 heterocycles. The van der Waals surface area contributed by atoms with E-state index in [0.29, 0.717) is 17.9 Å². The van der Waals surface area contributed by atoms with Gasteiger partial charge in [0.05, 0.1) is 26.0 Å². The second kappa shape index (κ2) is 7.08. The number of hydrogen-bond donors (Lipinski definition) is 0. The average Bonchev–Trinajstić information content (AvgIpc) is 2.87. The van der Waals surface area contributed by atoms with Crippen LogP contribution in [0.3, 0.4) is 0 Å². The van der Waals surface area contributed by atoms with Crippen molar-refractivity contribution >= 4 is 17.3 Å². The SMILES string of the molecule is CCN1C(=O)C2=C(c3cccc4c3[C@@H]1CCC4)N(C)c1cc(OC)c(OC)cc1C2. The second-order valence-electron chi connectivity index (χ2n) is 8.28. The van der Waals surface area contributed by atoms with Gasteiger partial charge in [-0.2, -0.15) is 0 Å². The molecule has 1 atom stereocenters. The number of carbonyl (C=O) groups is 1. The number of likely N-dealkylation sites (N-methyl/N-ethyl adjacent to an activating group) is 1. The van der Waals surface area contributed by atoms with Crippen molar-refractivity contribution in [1.82, 2.24) is 4.90 Å². The standard InChI is InChI=1S/C25H28N2O3/c1-5-27-19-11-7-9-15-8-6-10-17(23(15)19)24-18(25(27)28)12-16-13-21(29-3)22(30-4)14-20(16)26(24)2/h6,8,10,13-14,19H,5,7,9,11-12H2,1-4H3/t19-/m0/s1. The maximum absolute atomic E-state index is 13.8. The Morgan fingerprint density at radius 1 is 1.10 bits per heavy atom. The number of fused-ring (bicyclic) bond motifs is 2. The normalized spacial score (nSPS) is 19.7. The van der Waals surface area contributed by atoms with Crippen LogP contribution in [0.5, 0.6) is 11.5 Å². The summed E-state index contributed by atoms with van der Waals surface area (Å²) >= 11 is 0. The van der Waals surface area contributed by atoms with Gasteiger partial charge in [0, 0.05) is 42.9 Å². The molecule has 2 aromatic rings. The molecule has 0 radical (unpaired) electrons. The maximum atomic E-state index is 13.8. The van der Waals surface area contributed by atoms with E-state index < -0.39 is 0 Å². The van der Waals surface area contributed by atoms with Gasteiger partial charge in [-0.3, -0.25) is 4.79 Å². The van der Waals surface area contributed by atoms with Crippen molar-refractivity contribution in [2.75, 3.05) is 32.7 Å². The molecule has 1 amide bonds. The Labute approximate surface area is 177 Å². The molecule has 0 bridgehead atoms. The number of nitrogens with zero attached hydrogens (tertiary/aromatic N) is 2. The van der Waals surface area contributed by atoms with E-state index in [1.165, 1.54) is 16.7 Å². The van der Waals surface area contributed by atoms with E-state index in [1.807, 2.05) is 12.1 Å². The lowest BCUT2D eigenvalue weighted by molar-refractivity contribution is -0.129. The van der Waals surface area contributed by atoms with Crippen molar-refractivity contribution in [2.45, 2.75) is 38.6 Å². The van der Waals surface area contributed by atoms with Gasteiger partial charge in [0.2, 0.25) is 0 Å². The topological polar surface area (TPSA) is 42.0 Å². The minimum atomic E-state index is 0.161. The van der Waals surface area contributed by atoms with Gasteiger partial charge in [0.15, 0.2) is 11.5 Å². The van der Waals surface area contributed by atoms with E-state index >= 15 is 0 Å². The quantitative estimate of drug-likeness (QED) is 0.763. The van der Waals surface area contributed by atoms with Gasteiger partial charge in [0.25, 0.3) is 5.91 Å². The van der Waals surface area contributed by atoms with Crippen LogP contribution in [0, 0.1) is 0 Å². The fourth-order valence-corrected chi connectivity index (χ4v) is 5.53. The number of hydrogen-bond acceptors (Lipinski definition) is 4. The summed E-state index contributed by atoms with van der Waals surface area (Å²) in [5, 5.41) is 0. The van der Waals surface area contributed by atoms with Crippen molar-refractivity contribution in [2.24, 2.45) is 0 Å². The molecule has 0 spiro atoms. The van der Waals surface area contributed by atoms with E-state index in [0.717, 1.165) is 48.3 Å². The molecule has 0 fully saturated rings. The van der Waals surface area contributed by atoms with Crippen LogP contribution in [0.25, 0.3) is 5.70 Å². The molecular formula is C25H28N2O3. The minimum Gasteiger partial charge on any atom is -0.493 e. The first kappa shape index (κ1) is 19.0. The van der Waals surface area contributed by atoms with Gasteiger partial charge < -0.3 is 19.3 Å². The van der Waals surface area contributed by atoms with Crippen LogP contribution < -0.4 is 14.4 Å². The van der Waals surface area contributed by atoms with Crippen LogP contribution >= 0.6 is 0 Å². The molecule has 0 saturated heterocycles. The summed E-state index contributed by atoms with van der Waals surface area (Å²) < 4.78 is 11.1. The van der Waals surface area contributed by atoms with E-state index in [4.69, 9.17) is 9.47 Å². The smallest absolute Gasteiger partial charge is 0.252 e. The fourth-order valence-electron chi connectivity index (χ4n) is 5.53. The Morgan fingerprint density at radius 2 is 1.87 bits per heavy atom. The van der Waals surface area contributed by atoms with E-state index in [-0.39, 0.29) is 11.9 Å². The fraction of sp³-hybridized carbons (Fsp3) is 0.400. The van der Waals surface area contributed by atoms with E-state index in [1.54, 1.807) is 14.2 Å². The van der Waals surface area contributed by atoms with E-state index in [9.17, 15) is 4.79 Å². The molecule has 0 aromatic heterocycles. The third-order valence-corrected chi connectivity index (χ3v) is 6.88. The van der Waals surface area contributed by atoms with Crippen molar-refractivity contribution in [3.05, 3.63) is 58.2 Å². The second-order valence-corrected chi connectivity index (χ2v) is 8.28. The summed E-state index contributed by atoms with van der Waals surface area (Å²) in [5.41, 5.74) is 8.01. The van der Waals surface area contributed by atoms with Crippen LogP contribution in [0.1, 0.15) is 48.1 Å². The first-order valence-corrected chi connectivity index (χ1v) is 10.7. The van der Waals surface area contributed by atoms with Crippen LogP contribution in [0.2, 0.25) is 0 Å². The first-order valence-electron chi connectivity index (χ1n) is 10.7. The van der Waals surface area contributed by atoms with Crippen molar-refractivity contribution in [1.29, 1.82) is 0 Å². The minimum absolute atomic E-state index is 0.161. The number of rotatable bonds is 3. The third kappa shape index (κ3) is 2.57. The van der Waals surface area contributed by atoms with Crippen LogP contribution in [0.15, 0.2) is 35.9 Å². The largest absolute Gasteiger partial charge is 0.493 e. The van der Waals surface area contributed by atoms with Gasteiger partial charge in [0.1, 0.15) is 0 Å². The number of carbonyl (C=O) groups excluding carboxylic acids is 1. The zero-order chi connectivity index (χ0) is 21.0. The summed E-state index contributed by atoms with van der Waals surface area (Å²) in [6.07, 6.45) is 3.84. The lowest BCUT2D eigenvalue weighted by Crippen LogP contribution is -2.37. The monoisotopic (exact) mass is 404 g/mol. The Bertz CT molecular complexity index is 1070. The Morgan fingerprint density at radius 3 is 2.60 bits per heavy atom. The molecule has 5 nitrogen and oxygen atoms in total. The molecule has 5 rings (SSSR count). The molecular weight excluding hydrogens is 376 g/mol. The van der Waals surface area contributed by atoms with Gasteiger partial charge in [-0.15, -0.1) is 0 Å². The molecule has 3 aliphatic rings. The van der Waals surface area contributed by atoms with Gasteiger partial charge >= 0.3 is 0 Å². The number of aryl methyl sites for hydroxylation is 1. The predicted octanol–water partition coefficient (Wildman–Crippen LogP) is 4.35. The highest BCUT2D eigenvalue weighted by molar-refractivity contribution is 6.07. The highest BCUT2D eigenvalue weighted by atomic mass is 16.5. The molecule has 5 heteroatoms. The molecule has 2 aliphatic heterocycles. The van der Waals surface area contributed by atoms with Crippen LogP contribution in [0.4, 0.5) is 5.69 Å². The van der Waals surface area contributed by atoms with Crippen molar-refractivity contribution in [3.8, 4) is 11.5 Å². The Kier molecular flexibility index (Phi) is 4.49. The lowest BCUT2D eigenvalue weighted by atomic mass is 9.82. The Balaban J connectivity index is 1.76. The number of amides is 1. The summed E-state index contributed by atoms with van der Waals surface area (Å²) in [6, 6.07) is 10.8. The average molecular weight is 405 g/mol.